The highest BCUT2D eigenvalue weighted by molar-refractivity contribution is 6.05. The molecule has 3 rings (SSSR count). The molecule has 1 aromatic carbocycles. The molecule has 0 aliphatic heterocycles. The zero-order chi connectivity index (χ0) is 15.7. The number of aromatic amines is 1. The lowest BCUT2D eigenvalue weighted by atomic mass is 9.91. The van der Waals surface area contributed by atoms with Crippen molar-refractivity contribution in [2.24, 2.45) is 0 Å². The standard InChI is InChI=1S/C17H18N4O/c1-17(2,3)15-9-12(6-7-18-15)21-16(22)11-4-5-13-14(8-11)20-10-19-13/h4-10H,1-3H3,(H,19,20)(H,18,21,22). The Labute approximate surface area is 128 Å². The average Bonchev–Trinajstić information content (AvgIpc) is 2.94. The zero-order valence-corrected chi connectivity index (χ0v) is 12.8. The van der Waals surface area contributed by atoms with Crippen molar-refractivity contribution >= 4 is 22.6 Å². The molecule has 112 valence electrons. The normalized spacial score (nSPS) is 11.6. The van der Waals surface area contributed by atoms with Crippen LogP contribution in [0, 0.1) is 0 Å². The number of aromatic nitrogens is 3. The third-order valence-corrected chi connectivity index (χ3v) is 3.47. The maximum Gasteiger partial charge on any atom is 0.255 e. The first-order valence-electron chi connectivity index (χ1n) is 7.14. The Balaban J connectivity index is 1.84. The summed E-state index contributed by atoms with van der Waals surface area (Å²) in [6.45, 7) is 6.27. The van der Waals surface area contributed by atoms with E-state index in [0.717, 1.165) is 22.4 Å². The number of fused-ring (bicyclic) bond motifs is 1. The smallest absolute Gasteiger partial charge is 0.255 e. The van der Waals surface area contributed by atoms with Gasteiger partial charge in [-0.15, -0.1) is 0 Å². The second kappa shape index (κ2) is 5.26. The second-order valence-corrected chi connectivity index (χ2v) is 6.27. The Morgan fingerprint density at radius 3 is 2.73 bits per heavy atom. The van der Waals surface area contributed by atoms with E-state index < -0.39 is 0 Å². The van der Waals surface area contributed by atoms with Crippen molar-refractivity contribution in [1.29, 1.82) is 0 Å². The fourth-order valence-electron chi connectivity index (χ4n) is 2.20. The van der Waals surface area contributed by atoms with E-state index in [-0.39, 0.29) is 11.3 Å². The fraction of sp³-hybridized carbons (Fsp3) is 0.235. The predicted octanol–water partition coefficient (Wildman–Crippen LogP) is 3.51. The number of rotatable bonds is 2. The minimum Gasteiger partial charge on any atom is -0.345 e. The van der Waals surface area contributed by atoms with Crippen molar-refractivity contribution in [2.75, 3.05) is 5.32 Å². The third kappa shape index (κ3) is 2.83. The van der Waals surface area contributed by atoms with Gasteiger partial charge in [-0.2, -0.15) is 0 Å². The van der Waals surface area contributed by atoms with Crippen LogP contribution in [0.5, 0.6) is 0 Å². The van der Waals surface area contributed by atoms with Crippen LogP contribution in [0.2, 0.25) is 0 Å². The maximum absolute atomic E-state index is 12.4. The molecular weight excluding hydrogens is 276 g/mol. The number of pyridine rings is 1. The van der Waals surface area contributed by atoms with Crippen LogP contribution in [0.1, 0.15) is 36.8 Å². The van der Waals surface area contributed by atoms with Crippen LogP contribution in [-0.4, -0.2) is 20.9 Å². The minimum absolute atomic E-state index is 0.0600. The molecule has 22 heavy (non-hydrogen) atoms. The van der Waals surface area contributed by atoms with E-state index in [1.807, 2.05) is 12.1 Å². The van der Waals surface area contributed by atoms with Crippen LogP contribution in [0.15, 0.2) is 42.9 Å². The summed E-state index contributed by atoms with van der Waals surface area (Å²) in [5.74, 6) is -0.150. The molecule has 0 spiro atoms. The van der Waals surface area contributed by atoms with E-state index in [2.05, 4.69) is 41.0 Å². The third-order valence-electron chi connectivity index (χ3n) is 3.47. The Hall–Kier alpha value is -2.69. The Bertz CT molecular complexity index is 830. The van der Waals surface area contributed by atoms with Gasteiger partial charge in [0.05, 0.1) is 17.4 Å². The molecule has 0 bridgehead atoms. The summed E-state index contributed by atoms with van der Waals surface area (Å²) < 4.78 is 0. The molecule has 2 aromatic heterocycles. The molecule has 0 saturated heterocycles. The lowest BCUT2D eigenvalue weighted by Crippen LogP contribution is -2.16. The fourth-order valence-corrected chi connectivity index (χ4v) is 2.20. The maximum atomic E-state index is 12.4. The van der Waals surface area contributed by atoms with Crippen LogP contribution in [0.4, 0.5) is 5.69 Å². The number of carbonyl (C=O) groups excluding carboxylic acids is 1. The highest BCUT2D eigenvalue weighted by Gasteiger charge is 2.16. The number of nitrogens with one attached hydrogen (secondary N) is 2. The number of carbonyl (C=O) groups is 1. The molecule has 5 nitrogen and oxygen atoms in total. The van der Waals surface area contributed by atoms with Crippen molar-refractivity contribution in [1.82, 2.24) is 15.0 Å². The van der Waals surface area contributed by atoms with Gasteiger partial charge in [0.1, 0.15) is 0 Å². The molecule has 1 amide bonds. The van der Waals surface area contributed by atoms with Gasteiger partial charge in [0.2, 0.25) is 0 Å². The lowest BCUT2D eigenvalue weighted by molar-refractivity contribution is 0.102. The Kier molecular flexibility index (Phi) is 3.41. The summed E-state index contributed by atoms with van der Waals surface area (Å²) in [6.07, 6.45) is 3.33. The summed E-state index contributed by atoms with van der Waals surface area (Å²) in [6, 6.07) is 9.09. The SMILES string of the molecule is CC(C)(C)c1cc(NC(=O)c2ccc3nc[nH]c3c2)ccn1. The van der Waals surface area contributed by atoms with E-state index in [1.54, 1.807) is 30.7 Å². The number of anilines is 1. The zero-order valence-electron chi connectivity index (χ0n) is 12.8. The number of benzene rings is 1. The van der Waals surface area contributed by atoms with Gasteiger partial charge >= 0.3 is 0 Å². The first-order valence-corrected chi connectivity index (χ1v) is 7.14. The van der Waals surface area contributed by atoms with Crippen LogP contribution in [0.3, 0.4) is 0 Å². The van der Waals surface area contributed by atoms with Gasteiger partial charge in [-0.05, 0) is 30.3 Å². The van der Waals surface area contributed by atoms with Gasteiger partial charge in [-0.25, -0.2) is 4.98 Å². The van der Waals surface area contributed by atoms with Crippen LogP contribution in [-0.2, 0) is 5.41 Å². The Morgan fingerprint density at radius 1 is 1.14 bits per heavy atom. The molecule has 2 heterocycles. The predicted molar refractivity (Wildman–Crippen MR) is 87.0 cm³/mol. The molecule has 0 fully saturated rings. The number of H-pyrrole nitrogens is 1. The highest BCUT2D eigenvalue weighted by Crippen LogP contribution is 2.22. The van der Waals surface area contributed by atoms with Gasteiger partial charge in [-0.1, -0.05) is 20.8 Å². The number of imidazole rings is 1. The van der Waals surface area contributed by atoms with E-state index in [4.69, 9.17) is 0 Å². The minimum atomic E-state index is -0.150. The molecular formula is C17H18N4O. The van der Waals surface area contributed by atoms with Crippen LogP contribution < -0.4 is 5.32 Å². The van der Waals surface area contributed by atoms with Crippen LogP contribution >= 0.6 is 0 Å². The Morgan fingerprint density at radius 2 is 1.95 bits per heavy atom. The monoisotopic (exact) mass is 294 g/mol. The average molecular weight is 294 g/mol. The van der Waals surface area contributed by atoms with E-state index in [1.165, 1.54) is 0 Å². The van der Waals surface area contributed by atoms with Gasteiger partial charge in [0.15, 0.2) is 0 Å². The summed E-state index contributed by atoms with van der Waals surface area (Å²) in [7, 11) is 0. The molecule has 0 radical (unpaired) electrons. The first kappa shape index (κ1) is 14.3. The van der Waals surface area contributed by atoms with Gasteiger partial charge < -0.3 is 10.3 Å². The van der Waals surface area contributed by atoms with Crippen molar-refractivity contribution in [3.05, 3.63) is 54.1 Å². The van der Waals surface area contributed by atoms with Crippen molar-refractivity contribution < 1.29 is 4.79 Å². The number of nitrogens with zero attached hydrogens (tertiary/aromatic N) is 2. The number of amides is 1. The van der Waals surface area contributed by atoms with Gasteiger partial charge in [-0.3, -0.25) is 9.78 Å². The van der Waals surface area contributed by atoms with Crippen LogP contribution in [0.25, 0.3) is 11.0 Å². The number of hydrogen-bond donors (Lipinski definition) is 2. The molecule has 0 unspecified atom stereocenters. The molecule has 0 aliphatic rings. The van der Waals surface area contributed by atoms with E-state index >= 15 is 0 Å². The van der Waals surface area contributed by atoms with Crippen molar-refractivity contribution in [3.8, 4) is 0 Å². The van der Waals surface area contributed by atoms with E-state index in [0.29, 0.717) is 5.56 Å². The summed E-state index contributed by atoms with van der Waals surface area (Å²) in [4.78, 5) is 23.9. The molecule has 2 N–H and O–H groups in total. The molecule has 3 aromatic rings. The summed E-state index contributed by atoms with van der Waals surface area (Å²) in [5, 5.41) is 2.91. The topological polar surface area (TPSA) is 70.7 Å². The van der Waals surface area contributed by atoms with Crippen molar-refractivity contribution in [2.45, 2.75) is 26.2 Å². The highest BCUT2D eigenvalue weighted by atomic mass is 16.1. The second-order valence-electron chi connectivity index (χ2n) is 6.27. The number of hydrogen-bond acceptors (Lipinski definition) is 3. The lowest BCUT2D eigenvalue weighted by Gasteiger charge is -2.18. The quantitative estimate of drug-likeness (QED) is 0.760. The summed E-state index contributed by atoms with van der Waals surface area (Å²) in [5.41, 5.74) is 3.90. The molecule has 5 heteroatoms. The largest absolute Gasteiger partial charge is 0.345 e. The molecule has 0 atom stereocenters. The van der Waals surface area contributed by atoms with Gasteiger partial charge in [0.25, 0.3) is 5.91 Å². The van der Waals surface area contributed by atoms with Gasteiger partial charge in [0, 0.05) is 28.6 Å². The molecule has 0 saturated carbocycles. The van der Waals surface area contributed by atoms with Crippen molar-refractivity contribution in [3.63, 3.8) is 0 Å². The van der Waals surface area contributed by atoms with E-state index in [9.17, 15) is 4.79 Å². The first-order chi connectivity index (χ1) is 10.4. The summed E-state index contributed by atoms with van der Waals surface area (Å²) >= 11 is 0. The molecule has 0 aliphatic carbocycles.